The van der Waals surface area contributed by atoms with Crippen molar-refractivity contribution in [2.75, 3.05) is 36.0 Å². The first-order valence-electron chi connectivity index (χ1n) is 10.4. The first-order chi connectivity index (χ1) is 15.4. The fourth-order valence-electron chi connectivity index (χ4n) is 4.08. The Hall–Kier alpha value is -3.33. The van der Waals surface area contributed by atoms with Crippen LogP contribution in [0.15, 0.2) is 36.4 Å². The van der Waals surface area contributed by atoms with Crippen LogP contribution in [0, 0.1) is 10.1 Å². The lowest BCUT2D eigenvalue weighted by atomic mass is 9.93. The summed E-state index contributed by atoms with van der Waals surface area (Å²) in [5.74, 6) is -1.28. The van der Waals surface area contributed by atoms with Crippen LogP contribution in [0.5, 0.6) is 5.75 Å². The number of phenols is 1. The lowest BCUT2D eigenvalue weighted by Crippen LogP contribution is -2.46. The molecule has 3 rings (SSSR count). The highest BCUT2D eigenvalue weighted by molar-refractivity contribution is 6.34. The Morgan fingerprint density at radius 1 is 1.19 bits per heavy atom. The SMILES string of the molecule is CCCC(C(=O)NC=O)c1cccc(N2CCN(c3cccc(O)c3[N+](=O)[O-])CC2)c1Cl. The molecule has 0 spiro atoms. The average molecular weight is 461 g/mol. The maximum atomic E-state index is 12.4. The topological polar surface area (TPSA) is 116 Å². The Balaban J connectivity index is 1.82. The highest BCUT2D eigenvalue weighted by Crippen LogP contribution is 2.39. The summed E-state index contributed by atoms with van der Waals surface area (Å²) >= 11 is 6.71. The Morgan fingerprint density at radius 3 is 2.38 bits per heavy atom. The zero-order valence-electron chi connectivity index (χ0n) is 17.7. The number of phenolic OH excluding ortho intramolecular Hbond substituents is 1. The molecule has 170 valence electrons. The molecule has 1 unspecified atom stereocenters. The third-order valence-corrected chi connectivity index (χ3v) is 6.03. The second-order valence-electron chi connectivity index (χ2n) is 7.52. The molecule has 2 aromatic carbocycles. The molecule has 2 aromatic rings. The van der Waals surface area contributed by atoms with Crippen molar-refractivity contribution < 1.29 is 19.6 Å². The molecule has 1 aliphatic rings. The fraction of sp³-hybridized carbons (Fsp3) is 0.364. The van der Waals surface area contributed by atoms with Crippen LogP contribution in [0.1, 0.15) is 31.2 Å². The number of nitro benzene ring substituents is 1. The molecule has 1 saturated heterocycles. The molecule has 0 bridgehead atoms. The number of amides is 2. The van der Waals surface area contributed by atoms with Gasteiger partial charge in [0, 0.05) is 26.2 Å². The van der Waals surface area contributed by atoms with Crippen molar-refractivity contribution >= 4 is 41.0 Å². The zero-order chi connectivity index (χ0) is 23.3. The number of hydrogen-bond donors (Lipinski definition) is 2. The number of nitrogens with zero attached hydrogens (tertiary/aromatic N) is 3. The summed E-state index contributed by atoms with van der Waals surface area (Å²) in [6, 6.07) is 10.0. The van der Waals surface area contributed by atoms with Crippen molar-refractivity contribution in [1.29, 1.82) is 0 Å². The lowest BCUT2D eigenvalue weighted by Gasteiger charge is -2.37. The molecule has 1 atom stereocenters. The highest BCUT2D eigenvalue weighted by Gasteiger charge is 2.29. The summed E-state index contributed by atoms with van der Waals surface area (Å²) in [5, 5.41) is 24.0. The number of halogens is 1. The van der Waals surface area contributed by atoms with Crippen molar-refractivity contribution in [2.24, 2.45) is 0 Å². The number of carbonyl (C=O) groups is 2. The van der Waals surface area contributed by atoms with Crippen molar-refractivity contribution in [1.82, 2.24) is 5.32 Å². The van der Waals surface area contributed by atoms with Gasteiger partial charge in [-0.05, 0) is 30.2 Å². The molecular weight excluding hydrogens is 436 g/mol. The van der Waals surface area contributed by atoms with Crippen molar-refractivity contribution in [3.8, 4) is 5.75 Å². The number of benzene rings is 2. The predicted molar refractivity (Wildman–Crippen MR) is 122 cm³/mol. The molecule has 1 aliphatic heterocycles. The van der Waals surface area contributed by atoms with Crippen molar-refractivity contribution in [3.63, 3.8) is 0 Å². The molecule has 2 amide bonds. The van der Waals surface area contributed by atoms with Crippen LogP contribution in [-0.2, 0) is 9.59 Å². The lowest BCUT2D eigenvalue weighted by molar-refractivity contribution is -0.385. The molecule has 1 heterocycles. The van der Waals surface area contributed by atoms with Gasteiger partial charge in [-0.2, -0.15) is 0 Å². The van der Waals surface area contributed by atoms with Crippen LogP contribution in [0.3, 0.4) is 0 Å². The van der Waals surface area contributed by atoms with Gasteiger partial charge in [0.2, 0.25) is 12.3 Å². The Bertz CT molecular complexity index is 1010. The maximum absolute atomic E-state index is 12.4. The summed E-state index contributed by atoms with van der Waals surface area (Å²) in [4.78, 5) is 37.9. The van der Waals surface area contributed by atoms with Crippen molar-refractivity contribution in [3.05, 3.63) is 57.1 Å². The van der Waals surface area contributed by atoms with Gasteiger partial charge in [-0.25, -0.2) is 0 Å². The van der Waals surface area contributed by atoms with E-state index in [0.717, 1.165) is 12.1 Å². The van der Waals surface area contributed by atoms with Gasteiger partial charge in [0.1, 0.15) is 5.69 Å². The summed E-state index contributed by atoms with van der Waals surface area (Å²) in [6.07, 6.45) is 1.68. The zero-order valence-corrected chi connectivity index (χ0v) is 18.4. The number of hydrogen-bond acceptors (Lipinski definition) is 7. The number of rotatable bonds is 8. The second-order valence-corrected chi connectivity index (χ2v) is 7.90. The van der Waals surface area contributed by atoms with E-state index in [1.54, 1.807) is 18.2 Å². The number of imide groups is 1. The molecule has 0 aliphatic carbocycles. The smallest absolute Gasteiger partial charge is 0.333 e. The van der Waals surface area contributed by atoms with Gasteiger partial charge in [0.25, 0.3) is 0 Å². The monoisotopic (exact) mass is 460 g/mol. The number of carbonyl (C=O) groups excluding carboxylic acids is 2. The number of nitro groups is 1. The quantitative estimate of drug-likeness (QED) is 0.352. The van der Waals surface area contributed by atoms with E-state index in [2.05, 4.69) is 10.2 Å². The van der Waals surface area contributed by atoms with Crippen LogP contribution in [-0.4, -0.2) is 48.5 Å². The van der Waals surface area contributed by atoms with E-state index in [0.29, 0.717) is 55.3 Å². The van der Waals surface area contributed by atoms with E-state index >= 15 is 0 Å². The largest absolute Gasteiger partial charge is 0.502 e. The second kappa shape index (κ2) is 10.3. The van der Waals surface area contributed by atoms with E-state index in [1.807, 2.05) is 24.0 Å². The van der Waals surface area contributed by atoms with Crippen LogP contribution < -0.4 is 15.1 Å². The number of piperazine rings is 1. The normalized spacial score (nSPS) is 14.7. The highest BCUT2D eigenvalue weighted by atomic mass is 35.5. The Kier molecular flexibility index (Phi) is 7.53. The Morgan fingerprint density at radius 2 is 1.78 bits per heavy atom. The Labute approximate surface area is 190 Å². The average Bonchev–Trinajstić information content (AvgIpc) is 2.78. The fourth-order valence-corrected chi connectivity index (χ4v) is 4.45. The third kappa shape index (κ3) is 4.77. The van der Waals surface area contributed by atoms with Gasteiger partial charge in [-0.1, -0.05) is 43.1 Å². The minimum absolute atomic E-state index is 0.301. The number of anilines is 2. The molecule has 0 aromatic heterocycles. The van der Waals surface area contributed by atoms with E-state index in [4.69, 9.17) is 11.6 Å². The molecule has 9 nitrogen and oxygen atoms in total. The van der Waals surface area contributed by atoms with Gasteiger partial charge in [0.05, 0.1) is 21.6 Å². The van der Waals surface area contributed by atoms with E-state index in [-0.39, 0.29) is 17.3 Å². The van der Waals surface area contributed by atoms with E-state index in [9.17, 15) is 24.8 Å². The number of nitrogens with one attached hydrogen (secondary N) is 1. The molecule has 2 N–H and O–H groups in total. The molecule has 32 heavy (non-hydrogen) atoms. The molecular formula is C22H25ClN4O5. The minimum Gasteiger partial charge on any atom is -0.502 e. The predicted octanol–water partition coefficient (Wildman–Crippen LogP) is 3.44. The molecule has 0 saturated carbocycles. The summed E-state index contributed by atoms with van der Waals surface area (Å²) in [6.45, 7) is 4.05. The third-order valence-electron chi connectivity index (χ3n) is 5.62. The summed E-state index contributed by atoms with van der Waals surface area (Å²) in [5.41, 5.74) is 1.51. The maximum Gasteiger partial charge on any atom is 0.333 e. The summed E-state index contributed by atoms with van der Waals surface area (Å²) < 4.78 is 0. The van der Waals surface area contributed by atoms with Crippen LogP contribution >= 0.6 is 11.6 Å². The molecule has 1 fully saturated rings. The summed E-state index contributed by atoms with van der Waals surface area (Å²) in [7, 11) is 0. The van der Waals surface area contributed by atoms with Gasteiger partial charge in [-0.15, -0.1) is 0 Å². The number of para-hydroxylation sites is 1. The number of aromatic hydroxyl groups is 1. The van der Waals surface area contributed by atoms with Gasteiger partial charge < -0.3 is 14.9 Å². The molecule has 10 heteroatoms. The van der Waals surface area contributed by atoms with Crippen LogP contribution in [0.4, 0.5) is 17.1 Å². The van der Waals surface area contributed by atoms with Crippen LogP contribution in [0.2, 0.25) is 5.02 Å². The standard InChI is InChI=1S/C22H25ClN4O5/c1-2-5-16(22(30)24-14-28)15-6-3-7-17(20(15)23)25-10-12-26(13-11-25)18-8-4-9-19(29)21(18)27(31)32/h3-4,6-9,14,16,29H,2,5,10-13H2,1H3,(H,24,28,30). The first kappa shape index (κ1) is 23.3. The minimum atomic E-state index is -0.574. The van der Waals surface area contributed by atoms with E-state index in [1.165, 1.54) is 6.07 Å². The van der Waals surface area contributed by atoms with Crippen molar-refractivity contribution in [2.45, 2.75) is 25.7 Å². The van der Waals surface area contributed by atoms with Gasteiger partial charge in [-0.3, -0.25) is 25.0 Å². The van der Waals surface area contributed by atoms with E-state index < -0.39 is 10.8 Å². The van der Waals surface area contributed by atoms with Gasteiger partial charge in [0.15, 0.2) is 5.75 Å². The van der Waals surface area contributed by atoms with Crippen LogP contribution in [0.25, 0.3) is 0 Å². The first-order valence-corrected chi connectivity index (χ1v) is 10.8. The molecule has 0 radical (unpaired) electrons. The van der Waals surface area contributed by atoms with Gasteiger partial charge >= 0.3 is 5.69 Å².